The minimum Gasteiger partial charge on any atom is -0.383 e. The average molecular weight is 255 g/mol. The zero-order valence-electron chi connectivity index (χ0n) is 10.9. The molecule has 2 heterocycles. The Morgan fingerprint density at radius 1 is 1.32 bits per heavy atom. The third-order valence-electron chi connectivity index (χ3n) is 3.24. The minimum atomic E-state index is 0.561. The Balaban J connectivity index is 1.91. The van der Waals surface area contributed by atoms with Gasteiger partial charge in [0.2, 0.25) is 5.95 Å². The molecule has 3 rings (SSSR count). The van der Waals surface area contributed by atoms with Gasteiger partial charge in [0.25, 0.3) is 0 Å². The molecular weight excluding hydrogens is 238 g/mol. The molecule has 0 amide bonds. The van der Waals surface area contributed by atoms with E-state index in [1.165, 1.54) is 5.56 Å². The first-order valence-electron chi connectivity index (χ1n) is 6.42. The quantitative estimate of drug-likeness (QED) is 0.762. The highest BCUT2D eigenvalue weighted by Crippen LogP contribution is 2.21. The summed E-state index contributed by atoms with van der Waals surface area (Å²) in [6.45, 7) is 3.74. The van der Waals surface area contributed by atoms with E-state index in [9.17, 15) is 0 Å². The molecule has 0 radical (unpaired) electrons. The Hall–Kier alpha value is -2.14. The summed E-state index contributed by atoms with van der Waals surface area (Å²) in [6.07, 6.45) is 0.895. The van der Waals surface area contributed by atoms with Crippen LogP contribution in [0.4, 0.5) is 17.5 Å². The van der Waals surface area contributed by atoms with Crippen LogP contribution in [0.25, 0.3) is 0 Å². The van der Waals surface area contributed by atoms with Crippen molar-refractivity contribution in [1.29, 1.82) is 0 Å². The van der Waals surface area contributed by atoms with Gasteiger partial charge in [-0.25, -0.2) is 4.98 Å². The fraction of sp³-hybridized carbons (Fsp3) is 0.286. The number of rotatable bonds is 2. The van der Waals surface area contributed by atoms with Gasteiger partial charge in [-0.2, -0.15) is 4.98 Å². The van der Waals surface area contributed by atoms with E-state index in [1.54, 1.807) is 0 Å². The summed E-state index contributed by atoms with van der Waals surface area (Å²) in [6, 6.07) is 8.10. The number of fused-ring (bicyclic) bond motifs is 1. The first kappa shape index (κ1) is 11.9. The zero-order valence-corrected chi connectivity index (χ0v) is 10.9. The van der Waals surface area contributed by atoms with Crippen LogP contribution in [0.3, 0.4) is 0 Å². The molecule has 0 fully saturated rings. The van der Waals surface area contributed by atoms with Crippen molar-refractivity contribution in [3.8, 4) is 0 Å². The fourth-order valence-corrected chi connectivity index (χ4v) is 2.30. The van der Waals surface area contributed by atoms with Crippen molar-refractivity contribution >= 4 is 17.5 Å². The van der Waals surface area contributed by atoms with E-state index in [1.807, 2.05) is 12.1 Å². The summed E-state index contributed by atoms with van der Waals surface area (Å²) in [7, 11) is 0. The molecular formula is C14H17N5. The zero-order chi connectivity index (χ0) is 13.2. The van der Waals surface area contributed by atoms with Crippen molar-refractivity contribution in [3.63, 3.8) is 0 Å². The van der Waals surface area contributed by atoms with Gasteiger partial charge in [-0.1, -0.05) is 12.1 Å². The first-order valence-corrected chi connectivity index (χ1v) is 6.42. The second kappa shape index (κ2) is 4.85. The van der Waals surface area contributed by atoms with Crippen LogP contribution in [0.15, 0.2) is 24.3 Å². The molecule has 0 atom stereocenters. The van der Waals surface area contributed by atoms with Crippen LogP contribution in [0.1, 0.15) is 16.8 Å². The van der Waals surface area contributed by atoms with Gasteiger partial charge in [0.05, 0.1) is 5.69 Å². The van der Waals surface area contributed by atoms with Crippen LogP contribution < -0.4 is 16.4 Å². The standard InChI is InChI=1S/C14H17N5/c1-9-3-2-4-10(7-9)17-14-18-12-8-16-6-5-11(12)13(15)19-14/h2-4,7,16H,5-6,8H2,1H3,(H3,15,17,18,19). The molecule has 1 aromatic carbocycles. The largest absolute Gasteiger partial charge is 0.383 e. The van der Waals surface area contributed by atoms with E-state index >= 15 is 0 Å². The van der Waals surface area contributed by atoms with Crippen LogP contribution >= 0.6 is 0 Å². The first-order chi connectivity index (χ1) is 9.22. The Morgan fingerprint density at radius 2 is 2.21 bits per heavy atom. The Bertz CT molecular complexity index is 609. The Kier molecular flexibility index (Phi) is 3.05. The number of nitrogens with two attached hydrogens (primary N) is 1. The Labute approximate surface area is 112 Å². The number of nitrogen functional groups attached to an aromatic ring is 1. The molecule has 0 saturated heterocycles. The lowest BCUT2D eigenvalue weighted by Crippen LogP contribution is -2.26. The maximum absolute atomic E-state index is 6.01. The summed E-state index contributed by atoms with van der Waals surface area (Å²) in [4.78, 5) is 8.87. The maximum atomic E-state index is 6.01. The van der Waals surface area contributed by atoms with Crippen LogP contribution in [-0.2, 0) is 13.0 Å². The van der Waals surface area contributed by atoms with Crippen molar-refractivity contribution in [2.75, 3.05) is 17.6 Å². The molecule has 2 aromatic rings. The number of hydrogen-bond donors (Lipinski definition) is 3. The maximum Gasteiger partial charge on any atom is 0.229 e. The monoisotopic (exact) mass is 255 g/mol. The number of benzene rings is 1. The summed E-state index contributed by atoms with van der Waals surface area (Å²) < 4.78 is 0. The molecule has 0 aliphatic carbocycles. The molecule has 98 valence electrons. The molecule has 0 spiro atoms. The fourth-order valence-electron chi connectivity index (χ4n) is 2.30. The van der Waals surface area contributed by atoms with Gasteiger partial charge in [0.15, 0.2) is 0 Å². The molecule has 5 heteroatoms. The molecule has 0 saturated carbocycles. The van der Waals surface area contributed by atoms with Crippen LogP contribution in [0.2, 0.25) is 0 Å². The predicted octanol–water partition coefficient (Wildman–Crippen LogP) is 1.76. The van der Waals surface area contributed by atoms with E-state index in [0.717, 1.165) is 36.5 Å². The smallest absolute Gasteiger partial charge is 0.229 e. The van der Waals surface area contributed by atoms with Crippen LogP contribution in [0, 0.1) is 6.92 Å². The van der Waals surface area contributed by atoms with Gasteiger partial charge in [0.1, 0.15) is 5.82 Å². The summed E-state index contributed by atoms with van der Waals surface area (Å²) >= 11 is 0. The van der Waals surface area contributed by atoms with Gasteiger partial charge < -0.3 is 16.4 Å². The predicted molar refractivity (Wildman–Crippen MR) is 76.3 cm³/mol. The summed E-state index contributed by atoms with van der Waals surface area (Å²) in [5.41, 5.74) is 10.2. The second-order valence-corrected chi connectivity index (χ2v) is 4.78. The number of anilines is 3. The molecule has 1 aliphatic heterocycles. The molecule has 0 unspecified atom stereocenters. The Morgan fingerprint density at radius 3 is 3.05 bits per heavy atom. The number of nitrogens with one attached hydrogen (secondary N) is 2. The molecule has 1 aliphatic rings. The lowest BCUT2D eigenvalue weighted by molar-refractivity contribution is 0.626. The molecule has 1 aromatic heterocycles. The normalized spacial score (nSPS) is 13.9. The van der Waals surface area contributed by atoms with Crippen molar-refractivity contribution in [3.05, 3.63) is 41.1 Å². The van der Waals surface area contributed by atoms with E-state index in [4.69, 9.17) is 5.73 Å². The van der Waals surface area contributed by atoms with Crippen molar-refractivity contribution in [2.45, 2.75) is 19.9 Å². The van der Waals surface area contributed by atoms with Crippen molar-refractivity contribution in [2.24, 2.45) is 0 Å². The highest BCUT2D eigenvalue weighted by Gasteiger charge is 2.15. The third-order valence-corrected chi connectivity index (χ3v) is 3.24. The van der Waals surface area contributed by atoms with E-state index in [-0.39, 0.29) is 0 Å². The van der Waals surface area contributed by atoms with Gasteiger partial charge in [-0.15, -0.1) is 0 Å². The highest BCUT2D eigenvalue weighted by molar-refractivity contribution is 5.57. The SMILES string of the molecule is Cc1cccc(Nc2nc(N)c3c(n2)CNCC3)c1. The van der Waals surface area contributed by atoms with Gasteiger partial charge in [-0.05, 0) is 37.6 Å². The van der Waals surface area contributed by atoms with E-state index in [2.05, 4.69) is 39.7 Å². The average Bonchev–Trinajstić information content (AvgIpc) is 2.39. The molecule has 5 nitrogen and oxygen atoms in total. The number of hydrogen-bond acceptors (Lipinski definition) is 5. The summed E-state index contributed by atoms with van der Waals surface area (Å²) in [5.74, 6) is 1.15. The minimum absolute atomic E-state index is 0.561. The van der Waals surface area contributed by atoms with Gasteiger partial charge in [-0.3, -0.25) is 0 Å². The van der Waals surface area contributed by atoms with Gasteiger partial charge >= 0.3 is 0 Å². The lowest BCUT2D eigenvalue weighted by Gasteiger charge is -2.18. The van der Waals surface area contributed by atoms with Crippen molar-refractivity contribution in [1.82, 2.24) is 15.3 Å². The summed E-state index contributed by atoms with van der Waals surface area (Å²) in [5, 5.41) is 6.50. The van der Waals surface area contributed by atoms with Gasteiger partial charge in [0, 0.05) is 17.8 Å². The third kappa shape index (κ3) is 2.51. The second-order valence-electron chi connectivity index (χ2n) is 4.78. The lowest BCUT2D eigenvalue weighted by atomic mass is 10.1. The topological polar surface area (TPSA) is 75.9 Å². The van der Waals surface area contributed by atoms with Crippen molar-refractivity contribution < 1.29 is 0 Å². The number of aryl methyl sites for hydroxylation is 1. The number of aromatic nitrogens is 2. The van der Waals surface area contributed by atoms with E-state index in [0.29, 0.717) is 11.8 Å². The number of nitrogens with zero attached hydrogens (tertiary/aromatic N) is 2. The molecule has 4 N–H and O–H groups in total. The molecule has 19 heavy (non-hydrogen) atoms. The van der Waals surface area contributed by atoms with E-state index < -0.39 is 0 Å². The van der Waals surface area contributed by atoms with Crippen LogP contribution in [0.5, 0.6) is 0 Å². The van der Waals surface area contributed by atoms with Crippen LogP contribution in [-0.4, -0.2) is 16.5 Å². The molecule has 0 bridgehead atoms. The highest BCUT2D eigenvalue weighted by atomic mass is 15.1.